The van der Waals surface area contributed by atoms with Gasteiger partial charge in [0.2, 0.25) is 0 Å². The third-order valence-corrected chi connectivity index (χ3v) is 5.82. The van der Waals surface area contributed by atoms with E-state index in [1.807, 2.05) is 13.0 Å². The topological polar surface area (TPSA) is 130 Å². The molecule has 1 heterocycles. The Bertz CT molecular complexity index is 1090. The van der Waals surface area contributed by atoms with Crippen LogP contribution in [0.2, 0.25) is 5.02 Å². The summed E-state index contributed by atoms with van der Waals surface area (Å²) in [7, 11) is 0. The summed E-state index contributed by atoms with van der Waals surface area (Å²) in [5.41, 5.74) is 7.09. The van der Waals surface area contributed by atoms with Crippen LogP contribution in [0.15, 0.2) is 29.3 Å². The van der Waals surface area contributed by atoms with Crippen molar-refractivity contribution in [3.8, 4) is 23.3 Å². The number of nitrogen functional groups attached to an aromatic ring is 1. The van der Waals surface area contributed by atoms with Crippen LogP contribution in [0, 0.1) is 22.7 Å². The number of ketones is 1. The average Bonchev–Trinajstić information content (AvgIpc) is 2.72. The molecule has 0 saturated carbocycles. The summed E-state index contributed by atoms with van der Waals surface area (Å²) in [6.07, 6.45) is 0.267. The van der Waals surface area contributed by atoms with Crippen LogP contribution in [0.4, 0.5) is 5.82 Å². The summed E-state index contributed by atoms with van der Waals surface area (Å²) in [5, 5.41) is 20.2. The number of ether oxygens (including phenoxy) is 1. The number of anilines is 1. The van der Waals surface area contributed by atoms with E-state index in [0.29, 0.717) is 22.6 Å². The molecule has 0 aliphatic carbocycles. The molecule has 2 rings (SSSR count). The Hall–Kier alpha value is -3.07. The predicted octanol–water partition coefficient (Wildman–Crippen LogP) is 4.51. The van der Waals surface area contributed by atoms with Gasteiger partial charge in [-0.05, 0) is 38.0 Å². The van der Waals surface area contributed by atoms with Crippen molar-refractivity contribution in [3.05, 3.63) is 40.4 Å². The van der Waals surface area contributed by atoms with E-state index < -0.39 is 17.1 Å². The summed E-state index contributed by atoms with van der Waals surface area (Å²) < 4.78 is 3.89. The minimum atomic E-state index is -1.10. The standard InChI is InChI=1S/C22H21ClN4O3S/c1-4-9-30-18(29)10-17(28)22(2,3)31-21-16(12-25)19(15(11-24)20(26)27-21)13-5-7-14(23)8-6-13/h5-8H,4,9-10H2,1-3H3,(H2,26,27). The van der Waals surface area contributed by atoms with E-state index in [1.54, 1.807) is 38.1 Å². The molecule has 7 nitrogen and oxygen atoms in total. The quantitative estimate of drug-likeness (QED) is 0.348. The summed E-state index contributed by atoms with van der Waals surface area (Å²) in [4.78, 5) is 28.8. The second-order valence-electron chi connectivity index (χ2n) is 7.09. The fourth-order valence-electron chi connectivity index (χ4n) is 2.69. The molecule has 0 bridgehead atoms. The van der Waals surface area contributed by atoms with Crippen LogP contribution in [0.3, 0.4) is 0 Å². The van der Waals surface area contributed by atoms with Crippen LogP contribution < -0.4 is 5.73 Å². The van der Waals surface area contributed by atoms with E-state index in [2.05, 4.69) is 11.1 Å². The van der Waals surface area contributed by atoms with Gasteiger partial charge in [0.1, 0.15) is 35.0 Å². The molecule has 0 spiro atoms. The average molecular weight is 457 g/mol. The highest BCUT2D eigenvalue weighted by atomic mass is 35.5. The van der Waals surface area contributed by atoms with Crippen molar-refractivity contribution >= 4 is 40.9 Å². The van der Waals surface area contributed by atoms with E-state index in [4.69, 9.17) is 22.1 Å². The zero-order valence-electron chi connectivity index (χ0n) is 17.4. The largest absolute Gasteiger partial charge is 0.465 e. The highest BCUT2D eigenvalue weighted by molar-refractivity contribution is 8.01. The van der Waals surface area contributed by atoms with Crippen LogP contribution in [0.25, 0.3) is 11.1 Å². The number of nitriles is 2. The number of aromatic nitrogens is 1. The number of carbonyl (C=O) groups is 2. The second kappa shape index (κ2) is 10.3. The molecule has 1 aromatic carbocycles. The van der Waals surface area contributed by atoms with Gasteiger partial charge in [0.25, 0.3) is 0 Å². The number of nitrogens with zero attached hydrogens (tertiary/aromatic N) is 3. The Balaban J connectivity index is 2.49. The van der Waals surface area contributed by atoms with E-state index >= 15 is 0 Å². The van der Waals surface area contributed by atoms with Gasteiger partial charge in [-0.3, -0.25) is 9.59 Å². The second-order valence-corrected chi connectivity index (χ2v) is 9.14. The maximum absolute atomic E-state index is 12.7. The first kappa shape index (κ1) is 24.2. The van der Waals surface area contributed by atoms with Crippen LogP contribution >= 0.6 is 23.4 Å². The van der Waals surface area contributed by atoms with Crippen molar-refractivity contribution in [2.24, 2.45) is 0 Å². The minimum absolute atomic E-state index is 0.0560. The van der Waals surface area contributed by atoms with E-state index in [0.717, 1.165) is 11.8 Å². The summed E-state index contributed by atoms with van der Waals surface area (Å²) in [6, 6.07) is 10.7. The number of pyridine rings is 1. The fourth-order valence-corrected chi connectivity index (χ4v) is 3.88. The summed E-state index contributed by atoms with van der Waals surface area (Å²) in [6.45, 7) is 5.37. The van der Waals surface area contributed by atoms with Gasteiger partial charge in [0.15, 0.2) is 5.78 Å². The number of esters is 1. The highest BCUT2D eigenvalue weighted by Gasteiger charge is 2.33. The lowest BCUT2D eigenvalue weighted by molar-refractivity contribution is -0.146. The van der Waals surface area contributed by atoms with E-state index in [9.17, 15) is 20.1 Å². The smallest absolute Gasteiger partial charge is 0.313 e. The zero-order valence-corrected chi connectivity index (χ0v) is 18.9. The third kappa shape index (κ3) is 5.75. The Morgan fingerprint density at radius 1 is 1.19 bits per heavy atom. The van der Waals surface area contributed by atoms with Crippen molar-refractivity contribution in [3.63, 3.8) is 0 Å². The minimum Gasteiger partial charge on any atom is -0.465 e. The molecule has 0 aliphatic rings. The van der Waals surface area contributed by atoms with Crippen LogP contribution in [-0.4, -0.2) is 28.1 Å². The Morgan fingerprint density at radius 2 is 1.81 bits per heavy atom. The molecule has 0 unspecified atom stereocenters. The Labute approximate surface area is 190 Å². The Morgan fingerprint density at radius 3 is 2.35 bits per heavy atom. The number of halogens is 1. The first-order valence-corrected chi connectivity index (χ1v) is 10.6. The molecule has 0 fully saturated rings. The number of nitrogens with two attached hydrogens (primary N) is 1. The van der Waals surface area contributed by atoms with Crippen LogP contribution in [0.5, 0.6) is 0 Å². The normalized spacial score (nSPS) is 10.8. The third-order valence-electron chi connectivity index (χ3n) is 4.34. The number of hydrogen-bond acceptors (Lipinski definition) is 8. The molecular weight excluding hydrogens is 436 g/mol. The number of benzene rings is 1. The lowest BCUT2D eigenvalue weighted by Gasteiger charge is -2.23. The zero-order chi connectivity index (χ0) is 23.2. The predicted molar refractivity (Wildman–Crippen MR) is 119 cm³/mol. The van der Waals surface area contributed by atoms with Gasteiger partial charge >= 0.3 is 5.97 Å². The molecule has 0 radical (unpaired) electrons. The molecule has 2 aromatic rings. The van der Waals surface area contributed by atoms with Crippen molar-refractivity contribution in [1.82, 2.24) is 4.98 Å². The molecule has 0 amide bonds. The number of hydrogen-bond donors (Lipinski definition) is 1. The molecule has 2 N–H and O–H groups in total. The summed E-state index contributed by atoms with van der Waals surface area (Å²) in [5.74, 6) is -1.03. The van der Waals surface area contributed by atoms with Gasteiger partial charge in [0, 0.05) is 10.6 Å². The molecule has 1 aromatic heterocycles. The first-order chi connectivity index (χ1) is 14.6. The van der Waals surface area contributed by atoms with Crippen molar-refractivity contribution in [1.29, 1.82) is 10.5 Å². The molecule has 0 saturated heterocycles. The Kier molecular flexibility index (Phi) is 8.04. The lowest BCUT2D eigenvalue weighted by atomic mass is 9.97. The number of carbonyl (C=O) groups excluding carboxylic acids is 2. The maximum Gasteiger partial charge on any atom is 0.313 e. The van der Waals surface area contributed by atoms with Gasteiger partial charge in [-0.1, -0.05) is 42.4 Å². The number of rotatable bonds is 8. The fraction of sp³-hybridized carbons (Fsp3) is 0.318. The van der Waals surface area contributed by atoms with Gasteiger partial charge in [-0.2, -0.15) is 10.5 Å². The SMILES string of the molecule is CCCOC(=O)CC(=O)C(C)(C)Sc1nc(N)c(C#N)c(-c2ccc(Cl)cc2)c1C#N. The van der Waals surface area contributed by atoms with Crippen molar-refractivity contribution in [2.75, 3.05) is 12.3 Å². The molecule has 31 heavy (non-hydrogen) atoms. The number of thioether (sulfide) groups is 1. The highest BCUT2D eigenvalue weighted by Crippen LogP contribution is 2.41. The van der Waals surface area contributed by atoms with Gasteiger partial charge < -0.3 is 10.5 Å². The van der Waals surface area contributed by atoms with E-state index in [-0.39, 0.29) is 34.4 Å². The first-order valence-electron chi connectivity index (χ1n) is 9.42. The summed E-state index contributed by atoms with van der Waals surface area (Å²) >= 11 is 6.97. The van der Waals surface area contributed by atoms with E-state index in [1.165, 1.54) is 0 Å². The van der Waals surface area contributed by atoms with Gasteiger partial charge in [0.05, 0.1) is 16.9 Å². The monoisotopic (exact) mass is 456 g/mol. The molecule has 0 aliphatic heterocycles. The van der Waals surface area contributed by atoms with Gasteiger partial charge in [-0.15, -0.1) is 0 Å². The van der Waals surface area contributed by atoms with Crippen LogP contribution in [0.1, 0.15) is 44.7 Å². The molecule has 0 atom stereocenters. The van der Waals surface area contributed by atoms with Gasteiger partial charge in [-0.25, -0.2) is 4.98 Å². The molecule has 160 valence electrons. The maximum atomic E-state index is 12.7. The molecular formula is C22H21ClN4O3S. The van der Waals surface area contributed by atoms with Crippen molar-refractivity contribution in [2.45, 2.75) is 43.4 Å². The lowest BCUT2D eigenvalue weighted by Crippen LogP contribution is -2.30. The number of Topliss-reactive ketones (excluding diaryl/α,β-unsaturated/α-hetero) is 1. The molecule has 9 heteroatoms. The van der Waals surface area contributed by atoms with Crippen molar-refractivity contribution < 1.29 is 14.3 Å². The van der Waals surface area contributed by atoms with Crippen LogP contribution in [-0.2, 0) is 14.3 Å².